The SMILES string of the molecule is CCC1CCC2OC2C1.CCC1CO1. The van der Waals surface area contributed by atoms with Gasteiger partial charge < -0.3 is 9.47 Å². The Balaban J connectivity index is 0.000000128. The highest BCUT2D eigenvalue weighted by Gasteiger charge is 2.43. The Bertz CT molecular complexity index is 177. The highest BCUT2D eigenvalue weighted by atomic mass is 16.6. The van der Waals surface area contributed by atoms with Crippen LogP contribution >= 0.6 is 0 Å². The predicted molar refractivity (Wildman–Crippen MR) is 56.3 cm³/mol. The average Bonchev–Trinajstić information content (AvgIpc) is 3.10. The number of fused-ring (bicyclic) bond motifs is 1. The normalized spacial score (nSPS) is 43.3. The summed E-state index contributed by atoms with van der Waals surface area (Å²) in [6.45, 7) is 5.43. The molecule has 0 spiro atoms. The van der Waals surface area contributed by atoms with Crippen LogP contribution in [-0.4, -0.2) is 24.9 Å². The molecule has 2 heteroatoms. The van der Waals surface area contributed by atoms with Gasteiger partial charge in [0.2, 0.25) is 0 Å². The van der Waals surface area contributed by atoms with Crippen LogP contribution in [0.3, 0.4) is 0 Å². The summed E-state index contributed by atoms with van der Waals surface area (Å²) in [7, 11) is 0. The topological polar surface area (TPSA) is 25.1 Å². The Morgan fingerprint density at radius 3 is 2.29 bits per heavy atom. The fraction of sp³-hybridized carbons (Fsp3) is 1.00. The lowest BCUT2D eigenvalue weighted by Crippen LogP contribution is -2.11. The Morgan fingerprint density at radius 1 is 1.07 bits per heavy atom. The van der Waals surface area contributed by atoms with Crippen molar-refractivity contribution >= 4 is 0 Å². The summed E-state index contributed by atoms with van der Waals surface area (Å²) in [6.07, 6.45) is 8.65. The van der Waals surface area contributed by atoms with E-state index in [-0.39, 0.29) is 0 Å². The molecule has 1 saturated carbocycles. The second-order valence-corrected chi connectivity index (χ2v) is 4.66. The number of epoxide rings is 2. The summed E-state index contributed by atoms with van der Waals surface area (Å²) >= 11 is 0. The lowest BCUT2D eigenvalue weighted by atomic mass is 9.88. The van der Waals surface area contributed by atoms with Gasteiger partial charge in [0.25, 0.3) is 0 Å². The summed E-state index contributed by atoms with van der Waals surface area (Å²) in [5.41, 5.74) is 0. The predicted octanol–water partition coefficient (Wildman–Crippen LogP) is 2.76. The second kappa shape index (κ2) is 4.63. The van der Waals surface area contributed by atoms with Crippen molar-refractivity contribution in [3.63, 3.8) is 0 Å². The third-order valence-corrected chi connectivity index (χ3v) is 3.55. The summed E-state index contributed by atoms with van der Waals surface area (Å²) in [5, 5.41) is 0. The minimum Gasteiger partial charge on any atom is -0.373 e. The molecular formula is C12H22O2. The smallest absolute Gasteiger partial charge is 0.0844 e. The first-order chi connectivity index (χ1) is 6.83. The highest BCUT2D eigenvalue weighted by Crippen LogP contribution is 2.40. The van der Waals surface area contributed by atoms with Crippen LogP contribution in [0.2, 0.25) is 0 Å². The van der Waals surface area contributed by atoms with Crippen molar-refractivity contribution in [1.82, 2.24) is 0 Å². The monoisotopic (exact) mass is 198 g/mol. The maximum atomic E-state index is 5.41. The molecule has 1 aliphatic carbocycles. The maximum absolute atomic E-state index is 5.41. The van der Waals surface area contributed by atoms with Crippen molar-refractivity contribution < 1.29 is 9.47 Å². The molecule has 0 bridgehead atoms. The first kappa shape index (κ1) is 10.4. The number of rotatable bonds is 2. The van der Waals surface area contributed by atoms with E-state index < -0.39 is 0 Å². The number of ether oxygens (including phenoxy) is 2. The van der Waals surface area contributed by atoms with E-state index in [1.807, 2.05) is 0 Å². The van der Waals surface area contributed by atoms with Gasteiger partial charge in [-0.3, -0.25) is 0 Å². The lowest BCUT2D eigenvalue weighted by molar-refractivity contribution is 0.357. The summed E-state index contributed by atoms with van der Waals surface area (Å²) in [5.74, 6) is 0.980. The van der Waals surface area contributed by atoms with Crippen LogP contribution in [0.15, 0.2) is 0 Å². The van der Waals surface area contributed by atoms with Gasteiger partial charge in [0.05, 0.1) is 24.9 Å². The van der Waals surface area contributed by atoms with Gasteiger partial charge in [0, 0.05) is 0 Å². The molecule has 0 N–H and O–H groups in total. The van der Waals surface area contributed by atoms with Crippen molar-refractivity contribution in [3.8, 4) is 0 Å². The lowest BCUT2D eigenvalue weighted by Gasteiger charge is -2.15. The van der Waals surface area contributed by atoms with E-state index in [0.29, 0.717) is 18.3 Å². The van der Waals surface area contributed by atoms with Crippen LogP contribution in [-0.2, 0) is 9.47 Å². The van der Waals surface area contributed by atoms with Crippen LogP contribution in [0.5, 0.6) is 0 Å². The molecular weight excluding hydrogens is 176 g/mol. The van der Waals surface area contributed by atoms with Gasteiger partial charge in [-0.2, -0.15) is 0 Å². The van der Waals surface area contributed by atoms with Crippen molar-refractivity contribution in [3.05, 3.63) is 0 Å². The fourth-order valence-electron chi connectivity index (χ4n) is 2.16. The van der Waals surface area contributed by atoms with Crippen LogP contribution in [0.1, 0.15) is 46.0 Å². The van der Waals surface area contributed by atoms with Gasteiger partial charge in [-0.1, -0.05) is 20.3 Å². The minimum absolute atomic E-state index is 0.634. The summed E-state index contributed by atoms with van der Waals surface area (Å²) in [6, 6.07) is 0. The van der Waals surface area contributed by atoms with Gasteiger partial charge in [0.15, 0.2) is 0 Å². The van der Waals surface area contributed by atoms with Crippen LogP contribution in [0, 0.1) is 5.92 Å². The number of hydrogen-bond acceptors (Lipinski definition) is 2. The molecule has 3 fully saturated rings. The van der Waals surface area contributed by atoms with E-state index in [9.17, 15) is 0 Å². The zero-order chi connectivity index (χ0) is 9.97. The Morgan fingerprint density at radius 2 is 1.86 bits per heavy atom. The molecule has 4 atom stereocenters. The molecule has 0 amide bonds. The molecule has 2 heterocycles. The molecule has 0 aromatic heterocycles. The van der Waals surface area contributed by atoms with Crippen LogP contribution in [0.25, 0.3) is 0 Å². The van der Waals surface area contributed by atoms with E-state index in [4.69, 9.17) is 9.47 Å². The van der Waals surface area contributed by atoms with Crippen molar-refractivity contribution in [2.75, 3.05) is 6.61 Å². The fourth-order valence-corrected chi connectivity index (χ4v) is 2.16. The Labute approximate surface area is 87.0 Å². The van der Waals surface area contributed by atoms with Crippen molar-refractivity contribution in [1.29, 1.82) is 0 Å². The maximum Gasteiger partial charge on any atom is 0.0844 e. The van der Waals surface area contributed by atoms with Crippen LogP contribution < -0.4 is 0 Å². The molecule has 0 aromatic rings. The van der Waals surface area contributed by atoms with Gasteiger partial charge >= 0.3 is 0 Å². The largest absolute Gasteiger partial charge is 0.373 e. The molecule has 4 unspecified atom stereocenters. The third kappa shape index (κ3) is 2.96. The zero-order valence-electron chi connectivity index (χ0n) is 9.37. The molecule has 0 aromatic carbocycles. The highest BCUT2D eigenvalue weighted by molar-refractivity contribution is 4.91. The van der Waals surface area contributed by atoms with E-state index in [1.165, 1.54) is 32.1 Å². The Hall–Kier alpha value is -0.0800. The van der Waals surface area contributed by atoms with Gasteiger partial charge in [0.1, 0.15) is 0 Å². The standard InChI is InChI=1S/C8H14O.C4H8O/c1-2-6-3-4-7-8(5-6)9-7;1-2-4-3-5-4/h6-8H,2-5H2,1H3;4H,2-3H2,1H3. The van der Waals surface area contributed by atoms with Gasteiger partial charge in [-0.25, -0.2) is 0 Å². The third-order valence-electron chi connectivity index (χ3n) is 3.55. The van der Waals surface area contributed by atoms with Crippen molar-refractivity contribution in [2.45, 2.75) is 64.3 Å². The molecule has 2 aliphatic heterocycles. The zero-order valence-corrected chi connectivity index (χ0v) is 9.37. The van der Waals surface area contributed by atoms with E-state index >= 15 is 0 Å². The summed E-state index contributed by atoms with van der Waals surface area (Å²) < 4.78 is 10.3. The quantitative estimate of drug-likeness (QED) is 0.637. The molecule has 0 radical (unpaired) electrons. The first-order valence-corrected chi connectivity index (χ1v) is 6.10. The first-order valence-electron chi connectivity index (χ1n) is 6.10. The number of hydrogen-bond donors (Lipinski definition) is 0. The average molecular weight is 198 g/mol. The second-order valence-electron chi connectivity index (χ2n) is 4.66. The Kier molecular flexibility index (Phi) is 3.45. The van der Waals surface area contributed by atoms with Gasteiger partial charge in [-0.15, -0.1) is 0 Å². The molecule has 3 aliphatic rings. The minimum atomic E-state index is 0.634. The van der Waals surface area contributed by atoms with Gasteiger partial charge in [-0.05, 0) is 31.6 Å². The summed E-state index contributed by atoms with van der Waals surface area (Å²) in [4.78, 5) is 0. The van der Waals surface area contributed by atoms with E-state index in [0.717, 1.165) is 12.5 Å². The molecule has 82 valence electrons. The molecule has 2 saturated heterocycles. The van der Waals surface area contributed by atoms with E-state index in [1.54, 1.807) is 0 Å². The molecule has 14 heavy (non-hydrogen) atoms. The van der Waals surface area contributed by atoms with E-state index in [2.05, 4.69) is 13.8 Å². The van der Waals surface area contributed by atoms with Crippen molar-refractivity contribution in [2.24, 2.45) is 5.92 Å². The molecule has 2 nitrogen and oxygen atoms in total. The molecule has 3 rings (SSSR count). The van der Waals surface area contributed by atoms with Crippen LogP contribution in [0.4, 0.5) is 0 Å².